The molecule has 4 nitrogen and oxygen atoms in total. The lowest BCUT2D eigenvalue weighted by atomic mass is 9.86. The number of esters is 1. The molecule has 2 aromatic carbocycles. The number of rotatable bonds is 2. The van der Waals surface area contributed by atoms with Crippen LogP contribution in [0.4, 0.5) is 22.0 Å². The zero-order valence-electron chi connectivity index (χ0n) is 15.4. The molecule has 9 heteroatoms. The first-order valence-corrected chi connectivity index (χ1v) is 8.33. The molecule has 1 N–H and O–H groups in total. The Labute approximate surface area is 160 Å². The number of benzene rings is 2. The van der Waals surface area contributed by atoms with Crippen LogP contribution in [-0.2, 0) is 5.41 Å². The number of hydrogen-bond acceptors (Lipinski definition) is 3. The summed E-state index contributed by atoms with van der Waals surface area (Å²) in [5.41, 5.74) is -0.524. The molecule has 0 saturated carbocycles. The number of nitrogens with one attached hydrogen (secondary N) is 1. The van der Waals surface area contributed by atoms with Crippen LogP contribution in [0.2, 0.25) is 0 Å². The van der Waals surface area contributed by atoms with Gasteiger partial charge in [0.25, 0.3) is 5.56 Å². The first-order chi connectivity index (χ1) is 13.4. The van der Waals surface area contributed by atoms with E-state index in [0.717, 1.165) is 11.6 Å². The van der Waals surface area contributed by atoms with Gasteiger partial charge in [0.1, 0.15) is 5.56 Å². The van der Waals surface area contributed by atoms with Crippen molar-refractivity contribution in [2.75, 3.05) is 0 Å². The molecule has 0 aliphatic heterocycles. The van der Waals surface area contributed by atoms with Crippen molar-refractivity contribution in [1.82, 2.24) is 4.98 Å². The number of pyridine rings is 1. The first kappa shape index (κ1) is 20.5. The minimum atomic E-state index is -2.39. The predicted molar refractivity (Wildman–Crippen MR) is 94.5 cm³/mol. The van der Waals surface area contributed by atoms with Crippen LogP contribution in [0.5, 0.6) is 5.75 Å². The standard InChI is InChI=1S/C20H14F5NO3/c1-20(2,3)9-5-4-8-6-10(18(27)26-11(8)7-9)19(28)29-17-15(24)13(22)12(21)14(23)16(17)25/h4-7H,1-3H3,(H,26,27). The lowest BCUT2D eigenvalue weighted by Crippen LogP contribution is -2.23. The minimum absolute atomic E-state index is 0.214. The Morgan fingerprint density at radius 3 is 2.00 bits per heavy atom. The molecule has 0 radical (unpaired) electrons. The Balaban J connectivity index is 2.05. The van der Waals surface area contributed by atoms with Crippen LogP contribution in [0.15, 0.2) is 29.1 Å². The van der Waals surface area contributed by atoms with Crippen molar-refractivity contribution < 1.29 is 31.5 Å². The Kier molecular flexibility index (Phi) is 4.94. The number of H-pyrrole nitrogens is 1. The maximum absolute atomic E-state index is 13.7. The summed E-state index contributed by atoms with van der Waals surface area (Å²) in [6.45, 7) is 5.88. The van der Waals surface area contributed by atoms with E-state index < -0.39 is 51.9 Å². The maximum atomic E-state index is 13.7. The maximum Gasteiger partial charge on any atom is 0.349 e. The van der Waals surface area contributed by atoms with Gasteiger partial charge >= 0.3 is 5.97 Å². The number of aromatic amines is 1. The van der Waals surface area contributed by atoms with E-state index in [1.165, 1.54) is 0 Å². The van der Waals surface area contributed by atoms with Crippen molar-refractivity contribution >= 4 is 16.9 Å². The predicted octanol–water partition coefficient (Wildman–Crippen LogP) is 4.74. The summed E-state index contributed by atoms with van der Waals surface area (Å²) in [6.07, 6.45) is 0. The third-order valence-corrected chi connectivity index (χ3v) is 4.30. The minimum Gasteiger partial charge on any atom is -0.416 e. The molecular weight excluding hydrogens is 397 g/mol. The van der Waals surface area contributed by atoms with Crippen LogP contribution >= 0.6 is 0 Å². The summed E-state index contributed by atoms with van der Waals surface area (Å²) >= 11 is 0. The Bertz CT molecular complexity index is 1180. The van der Waals surface area contributed by atoms with Crippen molar-refractivity contribution in [1.29, 1.82) is 0 Å². The van der Waals surface area contributed by atoms with Crippen molar-refractivity contribution in [3.63, 3.8) is 0 Å². The highest BCUT2D eigenvalue weighted by molar-refractivity contribution is 5.94. The fourth-order valence-corrected chi connectivity index (χ4v) is 2.64. The van der Waals surface area contributed by atoms with Gasteiger partial charge < -0.3 is 9.72 Å². The monoisotopic (exact) mass is 411 g/mol. The normalized spacial score (nSPS) is 11.7. The summed E-state index contributed by atoms with van der Waals surface area (Å²) in [4.78, 5) is 26.9. The fourth-order valence-electron chi connectivity index (χ4n) is 2.64. The number of carbonyl (C=O) groups is 1. The van der Waals surface area contributed by atoms with E-state index in [4.69, 9.17) is 0 Å². The van der Waals surface area contributed by atoms with Gasteiger partial charge in [-0.25, -0.2) is 18.0 Å². The van der Waals surface area contributed by atoms with Gasteiger partial charge in [-0.3, -0.25) is 4.79 Å². The largest absolute Gasteiger partial charge is 0.416 e. The molecule has 3 rings (SSSR count). The van der Waals surface area contributed by atoms with Crippen LogP contribution < -0.4 is 10.3 Å². The Hall–Kier alpha value is -3.23. The highest BCUT2D eigenvalue weighted by atomic mass is 19.2. The average molecular weight is 411 g/mol. The van der Waals surface area contributed by atoms with Crippen molar-refractivity contribution in [3.8, 4) is 5.75 Å². The molecule has 0 atom stereocenters. The summed E-state index contributed by atoms with van der Waals surface area (Å²) < 4.78 is 71.3. The molecule has 0 spiro atoms. The molecule has 0 aliphatic carbocycles. The molecule has 3 aromatic rings. The SMILES string of the molecule is CC(C)(C)c1ccc2cc(C(=O)Oc3c(F)c(F)c(F)c(F)c3F)c(=O)[nH]c2c1. The van der Waals surface area contributed by atoms with Crippen LogP contribution in [-0.4, -0.2) is 11.0 Å². The molecule has 0 amide bonds. The van der Waals surface area contributed by atoms with Gasteiger partial charge in [-0.05, 0) is 28.5 Å². The molecule has 0 unspecified atom stereocenters. The lowest BCUT2D eigenvalue weighted by Gasteiger charge is -2.19. The van der Waals surface area contributed by atoms with Crippen molar-refractivity contribution in [3.05, 3.63) is 74.8 Å². The molecule has 0 bridgehead atoms. The third-order valence-electron chi connectivity index (χ3n) is 4.30. The van der Waals surface area contributed by atoms with Gasteiger partial charge in [-0.2, -0.15) is 8.78 Å². The molecule has 1 aromatic heterocycles. The number of hydrogen-bond donors (Lipinski definition) is 1. The van der Waals surface area contributed by atoms with Gasteiger partial charge in [0.05, 0.1) is 0 Å². The van der Waals surface area contributed by atoms with Gasteiger partial charge in [0, 0.05) is 5.52 Å². The molecule has 1 heterocycles. The molecule has 0 aliphatic rings. The van der Waals surface area contributed by atoms with Crippen LogP contribution in [0.25, 0.3) is 10.9 Å². The van der Waals surface area contributed by atoms with E-state index in [2.05, 4.69) is 9.72 Å². The fraction of sp³-hybridized carbons (Fsp3) is 0.200. The summed E-state index contributed by atoms with van der Waals surface area (Å²) in [7, 11) is 0. The van der Waals surface area contributed by atoms with E-state index in [0.29, 0.717) is 10.9 Å². The van der Waals surface area contributed by atoms with Gasteiger partial charge in [-0.1, -0.05) is 32.9 Å². The van der Waals surface area contributed by atoms with Crippen LogP contribution in [0, 0.1) is 29.1 Å². The second-order valence-electron chi connectivity index (χ2n) is 7.35. The molecule has 29 heavy (non-hydrogen) atoms. The van der Waals surface area contributed by atoms with E-state index >= 15 is 0 Å². The number of fused-ring (bicyclic) bond motifs is 1. The van der Waals surface area contributed by atoms with Crippen molar-refractivity contribution in [2.45, 2.75) is 26.2 Å². The molecule has 152 valence electrons. The van der Waals surface area contributed by atoms with E-state index in [9.17, 15) is 31.5 Å². The highest BCUT2D eigenvalue weighted by Gasteiger charge is 2.29. The topological polar surface area (TPSA) is 59.2 Å². The summed E-state index contributed by atoms with van der Waals surface area (Å²) in [5, 5.41) is 0.405. The van der Waals surface area contributed by atoms with Gasteiger partial charge in [0.15, 0.2) is 0 Å². The average Bonchev–Trinajstić information content (AvgIpc) is 2.66. The van der Waals surface area contributed by atoms with Crippen LogP contribution in [0.3, 0.4) is 0 Å². The van der Waals surface area contributed by atoms with Gasteiger partial charge in [-0.15, -0.1) is 0 Å². The first-order valence-electron chi connectivity index (χ1n) is 8.33. The molecular formula is C20H14F5NO3. The smallest absolute Gasteiger partial charge is 0.349 e. The zero-order chi connectivity index (χ0) is 21.7. The summed E-state index contributed by atoms with van der Waals surface area (Å²) in [6, 6.07) is 6.19. The number of aromatic nitrogens is 1. The summed E-state index contributed by atoms with van der Waals surface area (Å²) in [5.74, 6) is -14.9. The quantitative estimate of drug-likeness (QED) is 0.218. The van der Waals surface area contributed by atoms with E-state index in [1.807, 2.05) is 20.8 Å². The van der Waals surface area contributed by atoms with E-state index in [-0.39, 0.29) is 5.41 Å². The van der Waals surface area contributed by atoms with Crippen molar-refractivity contribution in [2.24, 2.45) is 0 Å². The zero-order valence-corrected chi connectivity index (χ0v) is 15.4. The second kappa shape index (κ2) is 6.98. The molecule has 0 saturated heterocycles. The number of halogens is 5. The second-order valence-corrected chi connectivity index (χ2v) is 7.35. The Morgan fingerprint density at radius 1 is 0.897 bits per heavy atom. The highest BCUT2D eigenvalue weighted by Crippen LogP contribution is 2.30. The van der Waals surface area contributed by atoms with E-state index in [1.54, 1.807) is 18.2 Å². The number of ether oxygens (including phenoxy) is 1. The molecule has 0 fully saturated rings. The Morgan fingerprint density at radius 2 is 1.45 bits per heavy atom. The number of carbonyl (C=O) groups excluding carboxylic acids is 1. The third kappa shape index (κ3) is 3.59. The van der Waals surface area contributed by atoms with Gasteiger partial charge in [0.2, 0.25) is 34.8 Å². The van der Waals surface area contributed by atoms with Crippen LogP contribution in [0.1, 0.15) is 36.7 Å². The lowest BCUT2D eigenvalue weighted by molar-refractivity contribution is 0.0714.